The Balaban J connectivity index is 2.24. The van der Waals surface area contributed by atoms with Gasteiger partial charge in [-0.2, -0.15) is 11.8 Å². The molecule has 0 aromatic carbocycles. The molecule has 84 valence electrons. The second-order valence-corrected chi connectivity index (χ2v) is 4.20. The summed E-state index contributed by atoms with van der Waals surface area (Å²) >= 11 is 1.89. The van der Waals surface area contributed by atoms with Crippen LogP contribution in [0.25, 0.3) is 0 Å². The first-order chi connectivity index (χ1) is 7.36. The van der Waals surface area contributed by atoms with Crippen molar-refractivity contribution in [1.29, 1.82) is 0 Å². The number of nitrogen functional groups attached to an aromatic ring is 1. The summed E-state index contributed by atoms with van der Waals surface area (Å²) in [5.41, 5.74) is 3.77. The van der Waals surface area contributed by atoms with E-state index in [2.05, 4.69) is 10.4 Å². The van der Waals surface area contributed by atoms with Crippen LogP contribution in [0.5, 0.6) is 0 Å². The van der Waals surface area contributed by atoms with E-state index in [0.29, 0.717) is 5.82 Å². The summed E-state index contributed by atoms with van der Waals surface area (Å²) < 4.78 is 4.98. The van der Waals surface area contributed by atoms with Gasteiger partial charge in [-0.15, -0.1) is 0 Å². The first kappa shape index (κ1) is 12.3. The SMILES string of the molecule is COCCCSCc1ccnc(NN)c1. The van der Waals surface area contributed by atoms with E-state index in [0.717, 1.165) is 24.5 Å². The van der Waals surface area contributed by atoms with Crippen molar-refractivity contribution in [2.24, 2.45) is 5.84 Å². The molecule has 0 amide bonds. The molecular formula is C10H17N3OS. The minimum Gasteiger partial charge on any atom is -0.385 e. The van der Waals surface area contributed by atoms with E-state index >= 15 is 0 Å². The third kappa shape index (κ3) is 5.01. The lowest BCUT2D eigenvalue weighted by atomic mass is 10.3. The molecule has 0 aliphatic carbocycles. The lowest BCUT2D eigenvalue weighted by molar-refractivity contribution is 0.200. The molecule has 0 fully saturated rings. The van der Waals surface area contributed by atoms with E-state index in [1.54, 1.807) is 13.3 Å². The highest BCUT2D eigenvalue weighted by molar-refractivity contribution is 7.98. The smallest absolute Gasteiger partial charge is 0.140 e. The largest absolute Gasteiger partial charge is 0.385 e. The number of aromatic nitrogens is 1. The summed E-state index contributed by atoms with van der Waals surface area (Å²) in [6, 6.07) is 3.97. The highest BCUT2D eigenvalue weighted by atomic mass is 32.2. The van der Waals surface area contributed by atoms with E-state index in [-0.39, 0.29) is 0 Å². The number of nitrogens with one attached hydrogen (secondary N) is 1. The lowest BCUT2D eigenvalue weighted by Gasteiger charge is -2.03. The van der Waals surface area contributed by atoms with Gasteiger partial charge in [-0.1, -0.05) is 0 Å². The second-order valence-electron chi connectivity index (χ2n) is 3.09. The molecule has 0 unspecified atom stereocenters. The zero-order valence-corrected chi connectivity index (χ0v) is 9.72. The Morgan fingerprint density at radius 1 is 1.60 bits per heavy atom. The van der Waals surface area contributed by atoms with Gasteiger partial charge in [0, 0.05) is 25.7 Å². The Morgan fingerprint density at radius 2 is 2.47 bits per heavy atom. The second kappa shape index (κ2) is 7.50. The molecule has 0 spiro atoms. The fourth-order valence-electron chi connectivity index (χ4n) is 1.14. The van der Waals surface area contributed by atoms with Crippen LogP contribution >= 0.6 is 11.8 Å². The average molecular weight is 227 g/mol. The van der Waals surface area contributed by atoms with Crippen LogP contribution in [0.2, 0.25) is 0 Å². The summed E-state index contributed by atoms with van der Waals surface area (Å²) in [5.74, 6) is 8.09. The molecule has 0 saturated heterocycles. The van der Waals surface area contributed by atoms with Gasteiger partial charge in [-0.05, 0) is 29.9 Å². The molecule has 0 aliphatic rings. The van der Waals surface area contributed by atoms with E-state index in [9.17, 15) is 0 Å². The number of hydrogen-bond acceptors (Lipinski definition) is 5. The molecule has 0 atom stereocenters. The number of rotatable bonds is 7. The first-order valence-corrected chi connectivity index (χ1v) is 6.00. The third-order valence-electron chi connectivity index (χ3n) is 1.88. The fraction of sp³-hybridized carbons (Fsp3) is 0.500. The molecular weight excluding hydrogens is 210 g/mol. The Hall–Kier alpha value is -0.780. The van der Waals surface area contributed by atoms with E-state index in [1.165, 1.54) is 5.56 Å². The van der Waals surface area contributed by atoms with Gasteiger partial charge in [0.1, 0.15) is 5.82 Å². The molecule has 1 aromatic rings. The van der Waals surface area contributed by atoms with Gasteiger partial charge in [0.25, 0.3) is 0 Å². The number of methoxy groups -OCH3 is 1. The van der Waals surface area contributed by atoms with Crippen LogP contribution < -0.4 is 11.3 Å². The van der Waals surface area contributed by atoms with Crippen molar-refractivity contribution in [3.05, 3.63) is 23.9 Å². The molecule has 1 rings (SSSR count). The predicted molar refractivity (Wildman–Crippen MR) is 64.7 cm³/mol. The van der Waals surface area contributed by atoms with Gasteiger partial charge in [-0.25, -0.2) is 10.8 Å². The monoisotopic (exact) mass is 227 g/mol. The molecule has 0 aliphatic heterocycles. The highest BCUT2D eigenvalue weighted by Gasteiger charge is 1.96. The van der Waals surface area contributed by atoms with Crippen LogP contribution in [0.1, 0.15) is 12.0 Å². The van der Waals surface area contributed by atoms with Crippen LogP contribution in [0.15, 0.2) is 18.3 Å². The van der Waals surface area contributed by atoms with Crippen LogP contribution in [0.3, 0.4) is 0 Å². The molecule has 0 bridgehead atoms. The molecule has 1 heterocycles. The van der Waals surface area contributed by atoms with Crippen molar-refractivity contribution in [3.8, 4) is 0 Å². The molecule has 5 heteroatoms. The molecule has 1 aromatic heterocycles. The molecule has 15 heavy (non-hydrogen) atoms. The van der Waals surface area contributed by atoms with Crippen LogP contribution in [0, 0.1) is 0 Å². The zero-order chi connectivity index (χ0) is 10.9. The average Bonchev–Trinajstić information content (AvgIpc) is 2.29. The Labute approximate surface area is 94.6 Å². The molecule has 4 nitrogen and oxygen atoms in total. The number of hydrogen-bond donors (Lipinski definition) is 2. The van der Waals surface area contributed by atoms with Crippen molar-refractivity contribution in [2.75, 3.05) is 24.9 Å². The number of pyridine rings is 1. The fourth-order valence-corrected chi connectivity index (χ4v) is 2.02. The number of anilines is 1. The van der Waals surface area contributed by atoms with E-state index in [1.807, 2.05) is 23.9 Å². The molecule has 0 saturated carbocycles. The van der Waals surface area contributed by atoms with Gasteiger partial charge in [-0.3, -0.25) is 0 Å². The Morgan fingerprint density at radius 3 is 3.20 bits per heavy atom. The lowest BCUT2D eigenvalue weighted by Crippen LogP contribution is -2.08. The third-order valence-corrected chi connectivity index (χ3v) is 2.99. The number of nitrogens with two attached hydrogens (primary N) is 1. The predicted octanol–water partition coefficient (Wildman–Crippen LogP) is 1.64. The quantitative estimate of drug-likeness (QED) is 0.421. The Bertz CT molecular complexity index is 283. The highest BCUT2D eigenvalue weighted by Crippen LogP contribution is 2.14. The first-order valence-electron chi connectivity index (χ1n) is 4.85. The maximum atomic E-state index is 5.28. The maximum Gasteiger partial charge on any atom is 0.140 e. The topological polar surface area (TPSA) is 60.2 Å². The van der Waals surface area contributed by atoms with E-state index in [4.69, 9.17) is 10.6 Å². The number of nitrogens with zero attached hydrogens (tertiary/aromatic N) is 1. The maximum absolute atomic E-state index is 5.28. The van der Waals surface area contributed by atoms with Gasteiger partial charge in [0.2, 0.25) is 0 Å². The minimum absolute atomic E-state index is 0.713. The van der Waals surface area contributed by atoms with Crippen molar-refractivity contribution >= 4 is 17.6 Å². The van der Waals surface area contributed by atoms with Crippen molar-refractivity contribution in [1.82, 2.24) is 4.98 Å². The van der Waals surface area contributed by atoms with Gasteiger partial charge in [0.15, 0.2) is 0 Å². The van der Waals surface area contributed by atoms with E-state index < -0.39 is 0 Å². The number of thioether (sulfide) groups is 1. The van der Waals surface area contributed by atoms with Crippen LogP contribution in [-0.4, -0.2) is 24.5 Å². The summed E-state index contributed by atoms with van der Waals surface area (Å²) in [6.07, 6.45) is 2.86. The van der Waals surface area contributed by atoms with Crippen LogP contribution in [0.4, 0.5) is 5.82 Å². The summed E-state index contributed by atoms with van der Waals surface area (Å²) in [7, 11) is 1.73. The number of hydrazine groups is 1. The van der Waals surface area contributed by atoms with Crippen LogP contribution in [-0.2, 0) is 10.5 Å². The minimum atomic E-state index is 0.713. The van der Waals surface area contributed by atoms with Gasteiger partial charge in [0.05, 0.1) is 0 Å². The zero-order valence-electron chi connectivity index (χ0n) is 8.90. The molecule has 0 radical (unpaired) electrons. The van der Waals surface area contributed by atoms with Gasteiger partial charge >= 0.3 is 0 Å². The Kier molecular flexibility index (Phi) is 6.15. The van der Waals surface area contributed by atoms with Crippen molar-refractivity contribution < 1.29 is 4.74 Å². The number of ether oxygens (including phenoxy) is 1. The van der Waals surface area contributed by atoms with Crippen molar-refractivity contribution in [2.45, 2.75) is 12.2 Å². The summed E-state index contributed by atoms with van der Waals surface area (Å²) in [6.45, 7) is 0.832. The molecule has 3 N–H and O–H groups in total. The summed E-state index contributed by atoms with van der Waals surface area (Å²) in [4.78, 5) is 4.05. The standard InChI is InChI=1S/C10H17N3OS/c1-14-5-2-6-15-8-9-3-4-12-10(7-9)13-11/h3-4,7H,2,5-6,8,11H2,1H3,(H,12,13). The summed E-state index contributed by atoms with van der Waals surface area (Å²) in [5, 5.41) is 0. The van der Waals surface area contributed by atoms with Gasteiger partial charge < -0.3 is 10.2 Å². The normalized spacial score (nSPS) is 10.3. The van der Waals surface area contributed by atoms with Crippen molar-refractivity contribution in [3.63, 3.8) is 0 Å².